The van der Waals surface area contributed by atoms with Gasteiger partial charge in [0.2, 0.25) is 5.91 Å². The highest BCUT2D eigenvalue weighted by atomic mass is 16.6. The molecule has 2 atom stereocenters. The predicted octanol–water partition coefficient (Wildman–Crippen LogP) is 4.10. The Morgan fingerprint density at radius 2 is 1.24 bits per heavy atom. The van der Waals surface area contributed by atoms with Crippen molar-refractivity contribution < 1.29 is 23.9 Å². The van der Waals surface area contributed by atoms with Gasteiger partial charge in [0, 0.05) is 14.1 Å². The molecule has 7 heteroatoms. The van der Waals surface area contributed by atoms with Crippen LogP contribution in [0.5, 0.6) is 0 Å². The van der Waals surface area contributed by atoms with Crippen LogP contribution in [0.3, 0.4) is 0 Å². The first kappa shape index (κ1) is 27.2. The fourth-order valence-electron chi connectivity index (χ4n) is 3.25. The fourth-order valence-corrected chi connectivity index (χ4v) is 3.25. The van der Waals surface area contributed by atoms with Gasteiger partial charge >= 0.3 is 12.1 Å². The summed E-state index contributed by atoms with van der Waals surface area (Å²) in [6, 6.07) is -1.42. The topological polar surface area (TPSA) is 76.2 Å². The third kappa shape index (κ3) is 9.05. The number of esters is 1. The van der Waals surface area contributed by atoms with Crippen LogP contribution in [-0.4, -0.2) is 67.2 Å². The summed E-state index contributed by atoms with van der Waals surface area (Å²) in [4.78, 5) is 41.0. The van der Waals surface area contributed by atoms with E-state index in [1.807, 2.05) is 34.6 Å². The Kier molecular flexibility index (Phi) is 13.4. The lowest BCUT2D eigenvalue weighted by Gasteiger charge is -2.36. The molecule has 2 amide bonds. The molecule has 0 bridgehead atoms. The van der Waals surface area contributed by atoms with Gasteiger partial charge in [-0.2, -0.15) is 0 Å². The van der Waals surface area contributed by atoms with E-state index in [0.29, 0.717) is 13.2 Å². The van der Waals surface area contributed by atoms with Crippen LogP contribution in [0.25, 0.3) is 0 Å². The maximum Gasteiger partial charge on any atom is 0.410 e. The Bertz CT molecular complexity index is 507. The van der Waals surface area contributed by atoms with Crippen molar-refractivity contribution in [3.05, 3.63) is 0 Å². The summed E-state index contributed by atoms with van der Waals surface area (Å²) in [5, 5.41) is 0. The average molecular weight is 415 g/mol. The van der Waals surface area contributed by atoms with E-state index in [4.69, 9.17) is 9.47 Å². The molecule has 0 radical (unpaired) electrons. The summed E-state index contributed by atoms with van der Waals surface area (Å²) in [6.07, 6.45) is 4.02. The van der Waals surface area contributed by atoms with Crippen molar-refractivity contribution in [2.45, 2.75) is 85.7 Å². The lowest BCUT2D eigenvalue weighted by Crippen LogP contribution is -2.56. The molecule has 2 unspecified atom stereocenters. The van der Waals surface area contributed by atoms with Gasteiger partial charge in [-0.15, -0.1) is 0 Å². The summed E-state index contributed by atoms with van der Waals surface area (Å²) in [5.74, 6) is -0.943. The van der Waals surface area contributed by atoms with E-state index in [1.54, 1.807) is 14.1 Å². The normalized spacial score (nSPS) is 13.2. The van der Waals surface area contributed by atoms with Crippen LogP contribution in [0.4, 0.5) is 4.79 Å². The smallest absolute Gasteiger partial charge is 0.410 e. The van der Waals surface area contributed by atoms with E-state index >= 15 is 0 Å². The molecular formula is C22H42N2O5. The van der Waals surface area contributed by atoms with Gasteiger partial charge in [-0.05, 0) is 24.7 Å². The first-order valence-electron chi connectivity index (χ1n) is 10.9. The molecule has 0 N–H and O–H groups in total. The Morgan fingerprint density at radius 3 is 1.72 bits per heavy atom. The van der Waals surface area contributed by atoms with Crippen molar-refractivity contribution in [1.29, 1.82) is 0 Å². The van der Waals surface area contributed by atoms with Crippen molar-refractivity contribution in [2.24, 2.45) is 11.8 Å². The minimum Gasteiger partial charge on any atom is -0.464 e. The molecule has 0 saturated heterocycles. The van der Waals surface area contributed by atoms with Gasteiger partial charge in [0.15, 0.2) is 0 Å². The number of carbonyl (C=O) groups is 3. The van der Waals surface area contributed by atoms with Crippen molar-refractivity contribution in [2.75, 3.05) is 27.3 Å². The number of unbranched alkanes of at least 4 members (excludes halogenated alkanes) is 3. The molecule has 0 aromatic rings. The Labute approximate surface area is 177 Å². The quantitative estimate of drug-likeness (QED) is 0.335. The van der Waals surface area contributed by atoms with Crippen LogP contribution in [0, 0.1) is 11.8 Å². The number of likely N-dealkylation sites (N-methyl/N-ethyl adjacent to an activating group) is 2. The highest BCUT2D eigenvalue weighted by Crippen LogP contribution is 2.19. The third-order valence-electron chi connectivity index (χ3n) is 4.94. The maximum atomic E-state index is 13.3. The molecule has 0 aromatic carbocycles. The highest BCUT2D eigenvalue weighted by molar-refractivity contribution is 5.89. The largest absolute Gasteiger partial charge is 0.464 e. The van der Waals surface area contributed by atoms with Crippen LogP contribution in [0.2, 0.25) is 0 Å². The molecule has 0 fully saturated rings. The number of ether oxygens (including phenoxy) is 2. The molecule has 7 nitrogen and oxygen atoms in total. The zero-order valence-electron chi connectivity index (χ0n) is 19.7. The van der Waals surface area contributed by atoms with Gasteiger partial charge in [0.1, 0.15) is 12.1 Å². The Hall–Kier alpha value is -1.79. The summed E-state index contributed by atoms with van der Waals surface area (Å²) < 4.78 is 10.7. The Morgan fingerprint density at radius 1 is 0.724 bits per heavy atom. The zero-order valence-corrected chi connectivity index (χ0v) is 19.7. The van der Waals surface area contributed by atoms with Gasteiger partial charge in [-0.25, -0.2) is 9.59 Å². The molecule has 0 spiro atoms. The predicted molar refractivity (Wildman–Crippen MR) is 115 cm³/mol. The molecule has 0 aromatic heterocycles. The molecule has 0 saturated carbocycles. The summed E-state index contributed by atoms with van der Waals surface area (Å²) in [6.45, 7) is 12.3. The first-order valence-corrected chi connectivity index (χ1v) is 10.9. The van der Waals surface area contributed by atoms with E-state index in [9.17, 15) is 14.4 Å². The van der Waals surface area contributed by atoms with Crippen LogP contribution in [-0.2, 0) is 19.1 Å². The lowest BCUT2D eigenvalue weighted by atomic mass is 9.98. The van der Waals surface area contributed by atoms with Crippen LogP contribution in [0.1, 0.15) is 73.6 Å². The first-order chi connectivity index (χ1) is 13.6. The van der Waals surface area contributed by atoms with Crippen LogP contribution < -0.4 is 0 Å². The molecule has 29 heavy (non-hydrogen) atoms. The van der Waals surface area contributed by atoms with E-state index < -0.39 is 24.1 Å². The third-order valence-corrected chi connectivity index (χ3v) is 4.94. The lowest BCUT2D eigenvalue weighted by molar-refractivity contribution is -0.158. The SMILES string of the molecule is CCCCCOC(=O)C(C(C)C)N(C)C(=O)C(C(C)C)N(C)C(=O)OCCCC. The number of hydrogen-bond acceptors (Lipinski definition) is 5. The zero-order chi connectivity index (χ0) is 22.6. The molecule has 0 aliphatic heterocycles. The van der Waals surface area contributed by atoms with Crippen LogP contribution >= 0.6 is 0 Å². The molecule has 0 rings (SSSR count). The van der Waals surface area contributed by atoms with Gasteiger partial charge in [0.05, 0.1) is 13.2 Å². The molecule has 170 valence electrons. The summed E-state index contributed by atoms with van der Waals surface area (Å²) in [5.41, 5.74) is 0. The number of hydrogen-bond donors (Lipinski definition) is 0. The number of amides is 2. The van der Waals surface area contributed by atoms with Gasteiger partial charge < -0.3 is 14.4 Å². The molecular weight excluding hydrogens is 372 g/mol. The minimum absolute atomic E-state index is 0.114. The van der Waals surface area contributed by atoms with E-state index in [-0.39, 0.29) is 17.7 Å². The highest BCUT2D eigenvalue weighted by Gasteiger charge is 2.38. The second-order valence-electron chi connectivity index (χ2n) is 8.28. The maximum absolute atomic E-state index is 13.3. The van der Waals surface area contributed by atoms with E-state index in [0.717, 1.165) is 32.1 Å². The second-order valence-corrected chi connectivity index (χ2v) is 8.28. The number of rotatable bonds is 13. The monoisotopic (exact) mass is 414 g/mol. The molecule has 0 heterocycles. The van der Waals surface area contributed by atoms with Gasteiger partial charge in [-0.1, -0.05) is 60.8 Å². The number of nitrogens with zero attached hydrogens (tertiary/aromatic N) is 2. The van der Waals surface area contributed by atoms with Crippen LogP contribution in [0.15, 0.2) is 0 Å². The Balaban J connectivity index is 5.27. The number of carbonyl (C=O) groups excluding carboxylic acids is 3. The molecule has 0 aliphatic rings. The molecule has 0 aliphatic carbocycles. The van der Waals surface area contributed by atoms with E-state index in [1.165, 1.54) is 9.80 Å². The minimum atomic E-state index is -0.719. The van der Waals surface area contributed by atoms with E-state index in [2.05, 4.69) is 6.92 Å². The van der Waals surface area contributed by atoms with Crippen molar-refractivity contribution in [3.8, 4) is 0 Å². The van der Waals surface area contributed by atoms with Crippen molar-refractivity contribution in [3.63, 3.8) is 0 Å². The fraction of sp³-hybridized carbons (Fsp3) is 0.864. The second kappa shape index (κ2) is 14.2. The van der Waals surface area contributed by atoms with Crippen molar-refractivity contribution >= 4 is 18.0 Å². The van der Waals surface area contributed by atoms with Gasteiger partial charge in [-0.3, -0.25) is 9.69 Å². The van der Waals surface area contributed by atoms with Gasteiger partial charge in [0.25, 0.3) is 0 Å². The summed E-state index contributed by atoms with van der Waals surface area (Å²) >= 11 is 0. The average Bonchev–Trinajstić information content (AvgIpc) is 2.64. The standard InChI is InChI=1S/C22H42N2O5/c1-9-11-13-15-28-21(26)19(17(5)6)23(7)20(25)18(16(3)4)24(8)22(27)29-14-12-10-2/h16-19H,9-15H2,1-8H3. The summed E-state index contributed by atoms with van der Waals surface area (Å²) in [7, 11) is 3.17. The van der Waals surface area contributed by atoms with Crippen molar-refractivity contribution in [1.82, 2.24) is 9.80 Å².